The van der Waals surface area contributed by atoms with Crippen molar-refractivity contribution in [2.24, 2.45) is 0 Å². The number of aliphatic hydroxyl groups is 1. The van der Waals surface area contributed by atoms with Gasteiger partial charge in [-0.1, -0.05) is 45.0 Å². The molecule has 0 atom stereocenters. The highest BCUT2D eigenvalue weighted by atomic mass is 35.5. The number of aromatic hydroxyl groups is 1. The van der Waals surface area contributed by atoms with Gasteiger partial charge in [0.05, 0.1) is 17.7 Å². The first-order valence-electron chi connectivity index (χ1n) is 11.2. The summed E-state index contributed by atoms with van der Waals surface area (Å²) in [4.78, 5) is 17.4. The summed E-state index contributed by atoms with van der Waals surface area (Å²) >= 11 is 0. The quantitative estimate of drug-likeness (QED) is 0.644. The van der Waals surface area contributed by atoms with Crippen LogP contribution in [0.5, 0.6) is 11.5 Å². The van der Waals surface area contributed by atoms with Gasteiger partial charge in [0.1, 0.15) is 11.5 Å². The van der Waals surface area contributed by atoms with Crippen LogP contribution in [0.2, 0.25) is 0 Å². The second-order valence-electron chi connectivity index (χ2n) is 9.59. The van der Waals surface area contributed by atoms with Crippen molar-refractivity contribution < 1.29 is 19.7 Å². The van der Waals surface area contributed by atoms with Crippen LogP contribution in [0.3, 0.4) is 0 Å². The lowest BCUT2D eigenvalue weighted by molar-refractivity contribution is 0.101. The maximum absolute atomic E-state index is 13.0. The van der Waals surface area contributed by atoms with Crippen LogP contribution < -0.4 is 4.74 Å². The molecule has 178 valence electrons. The first-order chi connectivity index (χ1) is 15.3. The Balaban J connectivity index is 0.00000306. The Morgan fingerprint density at radius 2 is 1.64 bits per heavy atom. The van der Waals surface area contributed by atoms with E-state index < -0.39 is 0 Å². The Morgan fingerprint density at radius 3 is 2.24 bits per heavy atom. The van der Waals surface area contributed by atoms with Crippen LogP contribution in [-0.4, -0.2) is 65.1 Å². The Bertz CT molecular complexity index is 1020. The van der Waals surface area contributed by atoms with E-state index >= 15 is 0 Å². The zero-order valence-corrected chi connectivity index (χ0v) is 20.3. The standard InChI is InChI=1S/C26H32N2O4.ClH/c1-26(2,3)19-6-4-18(5-7-19)16-23-24(31)20-8-9-22(30)21(25(20)32-23)17-28-12-10-27(11-13-28)14-15-29;/h4-9,16,29-30H,10-15,17H2,1-3H3;1H/b23-16-;. The molecule has 0 unspecified atom stereocenters. The van der Waals surface area contributed by atoms with Gasteiger partial charge in [-0.15, -0.1) is 12.4 Å². The molecule has 0 bridgehead atoms. The fourth-order valence-electron chi connectivity index (χ4n) is 4.22. The second kappa shape index (κ2) is 10.3. The third kappa shape index (κ3) is 5.58. The summed E-state index contributed by atoms with van der Waals surface area (Å²) in [6.07, 6.45) is 1.77. The van der Waals surface area contributed by atoms with E-state index in [1.165, 1.54) is 5.56 Å². The summed E-state index contributed by atoms with van der Waals surface area (Å²) in [6.45, 7) is 11.3. The van der Waals surface area contributed by atoms with Crippen molar-refractivity contribution in [1.82, 2.24) is 9.80 Å². The summed E-state index contributed by atoms with van der Waals surface area (Å²) in [5.41, 5.74) is 3.34. The number of carbonyl (C=O) groups is 1. The average Bonchev–Trinajstić information content (AvgIpc) is 3.07. The van der Waals surface area contributed by atoms with Crippen molar-refractivity contribution in [2.75, 3.05) is 39.3 Å². The topological polar surface area (TPSA) is 73.2 Å². The number of halogens is 1. The number of aliphatic hydroxyl groups excluding tert-OH is 1. The van der Waals surface area contributed by atoms with Gasteiger partial charge in [0, 0.05) is 39.3 Å². The Hall–Kier alpha value is -2.38. The van der Waals surface area contributed by atoms with Crippen molar-refractivity contribution in [3.8, 4) is 11.5 Å². The third-order valence-corrected chi connectivity index (χ3v) is 6.25. The number of β-amino-alcohol motifs (C(OH)–C–C–N with tert-alkyl or cyclic N) is 1. The number of hydrogen-bond donors (Lipinski definition) is 2. The zero-order valence-electron chi connectivity index (χ0n) is 19.5. The molecule has 1 fully saturated rings. The molecule has 0 aromatic heterocycles. The smallest absolute Gasteiger partial charge is 0.231 e. The molecule has 4 rings (SSSR count). The van der Waals surface area contributed by atoms with E-state index in [-0.39, 0.29) is 41.7 Å². The van der Waals surface area contributed by atoms with Crippen LogP contribution in [-0.2, 0) is 12.0 Å². The van der Waals surface area contributed by atoms with Crippen molar-refractivity contribution in [3.05, 3.63) is 64.4 Å². The maximum atomic E-state index is 13.0. The number of rotatable bonds is 5. The first-order valence-corrected chi connectivity index (χ1v) is 11.2. The van der Waals surface area contributed by atoms with Gasteiger partial charge in [-0.05, 0) is 34.8 Å². The number of Topliss-reactive ketones (excluding diaryl/α,β-unsaturated/α-hetero) is 1. The molecule has 2 N–H and O–H groups in total. The van der Waals surface area contributed by atoms with Gasteiger partial charge in [0.2, 0.25) is 5.78 Å². The highest BCUT2D eigenvalue weighted by Gasteiger charge is 2.32. The summed E-state index contributed by atoms with van der Waals surface area (Å²) < 4.78 is 6.02. The van der Waals surface area contributed by atoms with Crippen molar-refractivity contribution in [1.29, 1.82) is 0 Å². The minimum absolute atomic E-state index is 0. The number of hydrogen-bond acceptors (Lipinski definition) is 6. The Labute approximate surface area is 201 Å². The lowest BCUT2D eigenvalue weighted by Crippen LogP contribution is -2.46. The number of carbonyl (C=O) groups excluding carboxylic acids is 1. The molecule has 7 heteroatoms. The molecule has 2 aliphatic rings. The number of fused-ring (bicyclic) bond motifs is 1. The van der Waals surface area contributed by atoms with Crippen LogP contribution >= 0.6 is 12.4 Å². The lowest BCUT2D eigenvalue weighted by atomic mass is 9.86. The highest BCUT2D eigenvalue weighted by molar-refractivity contribution is 6.15. The molecule has 0 saturated carbocycles. The molecule has 2 aromatic rings. The molecule has 2 heterocycles. The monoisotopic (exact) mass is 472 g/mol. The molecule has 2 aromatic carbocycles. The summed E-state index contributed by atoms with van der Waals surface area (Å²) in [7, 11) is 0. The minimum Gasteiger partial charge on any atom is -0.507 e. The van der Waals surface area contributed by atoms with Gasteiger partial charge in [-0.3, -0.25) is 14.6 Å². The minimum atomic E-state index is -0.158. The first kappa shape index (κ1) is 25.2. The molecular formula is C26H33ClN2O4. The molecule has 0 spiro atoms. The van der Waals surface area contributed by atoms with Crippen LogP contribution in [0.25, 0.3) is 6.08 Å². The van der Waals surface area contributed by atoms with E-state index in [0.717, 1.165) is 31.7 Å². The number of piperazine rings is 1. The molecule has 1 saturated heterocycles. The molecule has 33 heavy (non-hydrogen) atoms. The van der Waals surface area contributed by atoms with Gasteiger partial charge in [-0.2, -0.15) is 0 Å². The predicted molar refractivity (Wildman–Crippen MR) is 132 cm³/mol. The second-order valence-corrected chi connectivity index (χ2v) is 9.59. The molecule has 6 nitrogen and oxygen atoms in total. The van der Waals surface area contributed by atoms with Crippen LogP contribution in [0.4, 0.5) is 0 Å². The summed E-state index contributed by atoms with van der Waals surface area (Å²) in [6, 6.07) is 11.4. The van der Waals surface area contributed by atoms with Crippen molar-refractivity contribution in [2.45, 2.75) is 32.7 Å². The number of allylic oxidation sites excluding steroid dienone is 1. The third-order valence-electron chi connectivity index (χ3n) is 6.25. The van der Waals surface area contributed by atoms with Crippen LogP contribution in [0.1, 0.15) is 47.8 Å². The van der Waals surface area contributed by atoms with Crippen molar-refractivity contribution >= 4 is 24.3 Å². The maximum Gasteiger partial charge on any atom is 0.231 e. The Morgan fingerprint density at radius 1 is 1.00 bits per heavy atom. The van der Waals surface area contributed by atoms with Crippen LogP contribution in [0.15, 0.2) is 42.2 Å². The normalized spacial score (nSPS) is 18.2. The SMILES string of the molecule is CC(C)(C)c1ccc(/C=C2\Oc3c(ccc(O)c3CN3CCN(CCO)CC3)C2=O)cc1.Cl. The predicted octanol–water partition coefficient (Wildman–Crippen LogP) is 3.84. The number of phenolic OH excluding ortho intramolecular Hbond substituents is 1. The van der Waals surface area contributed by atoms with E-state index in [9.17, 15) is 9.90 Å². The van der Waals surface area contributed by atoms with Gasteiger partial charge in [0.25, 0.3) is 0 Å². The highest BCUT2D eigenvalue weighted by Crippen LogP contribution is 2.40. The molecule has 2 aliphatic heterocycles. The molecular weight excluding hydrogens is 440 g/mol. The largest absolute Gasteiger partial charge is 0.507 e. The Kier molecular flexibility index (Phi) is 7.85. The van der Waals surface area contributed by atoms with E-state index in [1.807, 2.05) is 12.1 Å². The van der Waals surface area contributed by atoms with E-state index in [0.29, 0.717) is 30.0 Å². The summed E-state index contributed by atoms with van der Waals surface area (Å²) in [5, 5.41) is 19.7. The van der Waals surface area contributed by atoms with Gasteiger partial charge in [-0.25, -0.2) is 0 Å². The van der Waals surface area contributed by atoms with E-state index in [4.69, 9.17) is 9.84 Å². The average molecular weight is 473 g/mol. The number of ketones is 1. The van der Waals surface area contributed by atoms with Crippen molar-refractivity contribution in [3.63, 3.8) is 0 Å². The van der Waals surface area contributed by atoms with E-state index in [1.54, 1.807) is 18.2 Å². The van der Waals surface area contributed by atoms with Gasteiger partial charge < -0.3 is 14.9 Å². The molecule has 0 aliphatic carbocycles. The number of phenols is 1. The lowest BCUT2D eigenvalue weighted by Gasteiger charge is -2.34. The summed E-state index contributed by atoms with van der Waals surface area (Å²) in [5.74, 6) is 0.729. The van der Waals surface area contributed by atoms with Gasteiger partial charge >= 0.3 is 0 Å². The van der Waals surface area contributed by atoms with E-state index in [2.05, 4.69) is 42.7 Å². The van der Waals surface area contributed by atoms with Crippen LogP contribution in [0, 0.1) is 0 Å². The molecule has 0 amide bonds. The zero-order chi connectivity index (χ0) is 22.9. The number of benzene rings is 2. The fourth-order valence-corrected chi connectivity index (χ4v) is 4.22. The molecule has 0 radical (unpaired) electrons. The number of nitrogens with zero attached hydrogens (tertiary/aromatic N) is 2. The fraction of sp³-hybridized carbons (Fsp3) is 0.423. The number of ether oxygens (including phenoxy) is 1. The van der Waals surface area contributed by atoms with Gasteiger partial charge in [0.15, 0.2) is 5.76 Å².